The fourth-order valence-electron chi connectivity index (χ4n) is 5.15. The first kappa shape index (κ1) is 26.2. The van der Waals surface area contributed by atoms with E-state index in [9.17, 15) is 9.59 Å². The number of benzene rings is 2. The summed E-state index contributed by atoms with van der Waals surface area (Å²) in [6.07, 6.45) is 4.12. The van der Waals surface area contributed by atoms with Crippen LogP contribution in [0.5, 0.6) is 5.75 Å². The van der Waals surface area contributed by atoms with Crippen LogP contribution in [-0.2, 0) is 6.54 Å². The Morgan fingerprint density at radius 1 is 1.08 bits per heavy atom. The molecular weight excluding hydrogens is 468 g/mol. The molecule has 1 aliphatic rings. The number of amides is 2. The Hall–Kier alpha value is -3.85. The number of nitrogens with two attached hydrogens (primary N) is 2. The van der Waals surface area contributed by atoms with Crippen LogP contribution in [0.15, 0.2) is 48.5 Å². The molecule has 3 aromatic rings. The zero-order valence-electron chi connectivity index (χ0n) is 21.7. The third kappa shape index (κ3) is 5.94. The van der Waals surface area contributed by atoms with Crippen LogP contribution in [0.1, 0.15) is 58.0 Å². The minimum atomic E-state index is -0.590. The molecular formula is C28H36N6O3. The van der Waals surface area contributed by atoms with Crippen molar-refractivity contribution in [2.24, 2.45) is 11.7 Å². The lowest BCUT2D eigenvalue weighted by Gasteiger charge is -2.30. The number of rotatable bonds is 9. The van der Waals surface area contributed by atoms with Gasteiger partial charge in [-0.1, -0.05) is 36.4 Å². The molecule has 0 aliphatic heterocycles. The highest BCUT2D eigenvalue weighted by atomic mass is 16.5. The molecule has 1 aliphatic carbocycles. The molecule has 0 unspecified atom stereocenters. The van der Waals surface area contributed by atoms with Crippen molar-refractivity contribution in [2.75, 3.05) is 33.5 Å². The normalized spacial score (nSPS) is 17.5. The maximum absolute atomic E-state index is 12.6. The predicted molar refractivity (Wildman–Crippen MR) is 144 cm³/mol. The van der Waals surface area contributed by atoms with Gasteiger partial charge in [-0.05, 0) is 63.4 Å². The van der Waals surface area contributed by atoms with Gasteiger partial charge in [-0.15, -0.1) is 0 Å². The van der Waals surface area contributed by atoms with Crippen LogP contribution in [0.4, 0.5) is 5.82 Å². The van der Waals surface area contributed by atoms with Crippen LogP contribution in [0, 0.1) is 5.92 Å². The first-order valence-corrected chi connectivity index (χ1v) is 12.6. The minimum Gasteiger partial charge on any atom is -0.496 e. The van der Waals surface area contributed by atoms with Crippen LogP contribution < -0.4 is 21.5 Å². The molecule has 0 radical (unpaired) electrons. The molecule has 2 amide bonds. The molecule has 0 bridgehead atoms. The van der Waals surface area contributed by atoms with E-state index in [1.165, 1.54) is 7.11 Å². The van der Waals surface area contributed by atoms with Crippen molar-refractivity contribution in [3.63, 3.8) is 0 Å². The molecule has 1 saturated carbocycles. The Morgan fingerprint density at radius 3 is 2.38 bits per heavy atom. The van der Waals surface area contributed by atoms with E-state index in [4.69, 9.17) is 21.3 Å². The quantitative estimate of drug-likeness (QED) is 0.409. The van der Waals surface area contributed by atoms with Gasteiger partial charge >= 0.3 is 0 Å². The third-order valence-electron chi connectivity index (χ3n) is 7.01. The molecule has 5 N–H and O–H groups in total. The summed E-state index contributed by atoms with van der Waals surface area (Å²) in [5.74, 6) is 0.701. The number of hydrogen-bond donors (Lipinski definition) is 3. The lowest BCUT2D eigenvalue weighted by atomic mass is 9.86. The number of carbonyl (C=O) groups is 2. The number of ether oxygens (including phenoxy) is 1. The third-order valence-corrected chi connectivity index (χ3v) is 7.01. The van der Waals surface area contributed by atoms with Crippen molar-refractivity contribution in [3.8, 4) is 17.0 Å². The van der Waals surface area contributed by atoms with E-state index in [1.807, 2.05) is 30.3 Å². The molecule has 1 aromatic heterocycles. The molecule has 37 heavy (non-hydrogen) atoms. The van der Waals surface area contributed by atoms with Crippen LogP contribution >= 0.6 is 0 Å². The fraction of sp³-hybridized carbons (Fsp3) is 0.393. The summed E-state index contributed by atoms with van der Waals surface area (Å²) in [7, 11) is 5.74. The summed E-state index contributed by atoms with van der Waals surface area (Å²) in [5, 5.41) is 7.68. The standard InChI is InChI=1S/C28H36N6O3/c1-33(2)17-19-10-14-21(15-11-19)34-26(29)24(27(30)35)25(32-34)20-12-8-18(9-13-20)16-31-28(36)22-6-4-5-7-23(22)37-3/h4-9,12-13,19,21H,10-11,14-17,29H2,1-3H3,(H2,30,35)(H,31,36)/t19-,21+. The molecule has 9 heteroatoms. The highest BCUT2D eigenvalue weighted by Crippen LogP contribution is 2.36. The molecule has 0 saturated heterocycles. The highest BCUT2D eigenvalue weighted by molar-refractivity contribution is 6.03. The first-order valence-electron chi connectivity index (χ1n) is 12.6. The molecule has 1 fully saturated rings. The maximum Gasteiger partial charge on any atom is 0.255 e. The van der Waals surface area contributed by atoms with Gasteiger partial charge in [-0.2, -0.15) is 5.10 Å². The number of carbonyl (C=O) groups excluding carboxylic acids is 2. The van der Waals surface area contributed by atoms with Crippen molar-refractivity contribution in [1.29, 1.82) is 0 Å². The summed E-state index contributed by atoms with van der Waals surface area (Å²) in [4.78, 5) is 27.2. The number of nitrogen functional groups attached to an aromatic ring is 1. The van der Waals surface area contributed by atoms with Gasteiger partial charge in [0.05, 0.1) is 18.7 Å². The average Bonchev–Trinajstić information content (AvgIpc) is 3.24. The van der Waals surface area contributed by atoms with E-state index in [0.717, 1.165) is 43.4 Å². The summed E-state index contributed by atoms with van der Waals surface area (Å²) >= 11 is 0. The number of anilines is 1. The van der Waals surface area contributed by atoms with Gasteiger partial charge in [0.1, 0.15) is 22.8 Å². The lowest BCUT2D eigenvalue weighted by Crippen LogP contribution is -2.27. The molecule has 9 nitrogen and oxygen atoms in total. The highest BCUT2D eigenvalue weighted by Gasteiger charge is 2.29. The molecule has 0 spiro atoms. The van der Waals surface area contributed by atoms with Crippen molar-refractivity contribution in [1.82, 2.24) is 20.0 Å². The van der Waals surface area contributed by atoms with Crippen molar-refractivity contribution < 1.29 is 14.3 Å². The van der Waals surface area contributed by atoms with E-state index in [-0.39, 0.29) is 17.5 Å². The number of aromatic nitrogens is 2. The van der Waals surface area contributed by atoms with E-state index < -0.39 is 5.91 Å². The molecule has 196 valence electrons. The predicted octanol–water partition coefficient (Wildman–Crippen LogP) is 3.46. The summed E-state index contributed by atoms with van der Waals surface area (Å²) in [6, 6.07) is 14.8. The largest absolute Gasteiger partial charge is 0.496 e. The summed E-state index contributed by atoms with van der Waals surface area (Å²) in [5.41, 5.74) is 15.0. The summed E-state index contributed by atoms with van der Waals surface area (Å²) in [6.45, 7) is 1.41. The topological polar surface area (TPSA) is 128 Å². The second-order valence-corrected chi connectivity index (χ2v) is 9.93. The molecule has 1 heterocycles. The van der Waals surface area contributed by atoms with Crippen LogP contribution in [0.25, 0.3) is 11.3 Å². The molecule has 2 aromatic carbocycles. The zero-order valence-corrected chi connectivity index (χ0v) is 21.7. The van der Waals surface area contributed by atoms with Gasteiger partial charge in [0.25, 0.3) is 11.8 Å². The van der Waals surface area contributed by atoms with E-state index >= 15 is 0 Å². The Kier molecular flexibility index (Phi) is 8.13. The van der Waals surface area contributed by atoms with E-state index in [0.29, 0.717) is 35.3 Å². The number of primary amides is 1. The number of methoxy groups -OCH3 is 1. The lowest BCUT2D eigenvalue weighted by molar-refractivity contribution is 0.0946. The molecule has 4 rings (SSSR count). The SMILES string of the molecule is COc1ccccc1C(=O)NCc1ccc(-c2nn([C@H]3CC[C@@H](CN(C)C)CC3)c(N)c2C(N)=O)cc1. The maximum atomic E-state index is 12.6. The van der Waals surface area contributed by atoms with Gasteiger partial charge < -0.3 is 26.4 Å². The van der Waals surface area contributed by atoms with Crippen LogP contribution in [0.2, 0.25) is 0 Å². The smallest absolute Gasteiger partial charge is 0.255 e. The Labute approximate surface area is 217 Å². The number of hydrogen-bond acceptors (Lipinski definition) is 6. The van der Waals surface area contributed by atoms with E-state index in [2.05, 4.69) is 24.3 Å². The summed E-state index contributed by atoms with van der Waals surface area (Å²) < 4.78 is 7.06. The second kappa shape index (κ2) is 11.5. The minimum absolute atomic E-state index is 0.148. The van der Waals surface area contributed by atoms with E-state index in [1.54, 1.807) is 22.9 Å². The van der Waals surface area contributed by atoms with Crippen molar-refractivity contribution in [2.45, 2.75) is 38.3 Å². The second-order valence-electron chi connectivity index (χ2n) is 9.93. The first-order chi connectivity index (χ1) is 17.8. The fourth-order valence-corrected chi connectivity index (χ4v) is 5.15. The number of nitrogens with one attached hydrogen (secondary N) is 1. The van der Waals surface area contributed by atoms with Gasteiger partial charge in [-0.3, -0.25) is 9.59 Å². The van der Waals surface area contributed by atoms with Crippen molar-refractivity contribution in [3.05, 3.63) is 65.2 Å². The Bertz CT molecular complexity index is 1240. The zero-order chi connectivity index (χ0) is 26.5. The van der Waals surface area contributed by atoms with Gasteiger partial charge in [0.2, 0.25) is 0 Å². The average molecular weight is 505 g/mol. The molecule has 0 atom stereocenters. The van der Waals surface area contributed by atoms with Gasteiger partial charge in [0, 0.05) is 18.7 Å². The number of nitrogens with zero attached hydrogens (tertiary/aromatic N) is 3. The Morgan fingerprint density at radius 2 is 1.76 bits per heavy atom. The Balaban J connectivity index is 1.48. The van der Waals surface area contributed by atoms with Crippen molar-refractivity contribution >= 4 is 17.6 Å². The van der Waals surface area contributed by atoms with Crippen LogP contribution in [0.3, 0.4) is 0 Å². The monoisotopic (exact) mass is 504 g/mol. The van der Waals surface area contributed by atoms with Gasteiger partial charge in [-0.25, -0.2) is 4.68 Å². The van der Waals surface area contributed by atoms with Crippen LogP contribution in [-0.4, -0.2) is 54.2 Å². The number of para-hydroxylation sites is 1. The van der Waals surface area contributed by atoms with Gasteiger partial charge in [0.15, 0.2) is 0 Å².